The summed E-state index contributed by atoms with van der Waals surface area (Å²) >= 11 is 2.01. The van der Waals surface area contributed by atoms with Crippen molar-refractivity contribution in [1.82, 2.24) is 0 Å². The van der Waals surface area contributed by atoms with Crippen molar-refractivity contribution in [1.29, 1.82) is 0 Å². The lowest BCUT2D eigenvalue weighted by molar-refractivity contribution is 0.185. The number of hydrogen-bond acceptors (Lipinski definition) is 2. The van der Waals surface area contributed by atoms with Gasteiger partial charge in [0.15, 0.2) is 0 Å². The molecule has 1 saturated carbocycles. The van der Waals surface area contributed by atoms with Crippen LogP contribution in [0.3, 0.4) is 0 Å². The lowest BCUT2D eigenvalue weighted by Gasteiger charge is -2.22. The minimum Gasteiger partial charge on any atom is -0.392 e. The summed E-state index contributed by atoms with van der Waals surface area (Å²) in [5.74, 6) is 0.967. The molecule has 0 saturated heterocycles. The van der Waals surface area contributed by atoms with Gasteiger partial charge in [-0.05, 0) is 19.3 Å². The molecular formula is C13H26OS. The van der Waals surface area contributed by atoms with Gasteiger partial charge in [0.05, 0.1) is 6.10 Å². The predicted octanol–water partition coefficient (Wildman–Crippen LogP) is 3.99. The van der Waals surface area contributed by atoms with Gasteiger partial charge in [-0.25, -0.2) is 0 Å². The van der Waals surface area contributed by atoms with Crippen LogP contribution >= 0.6 is 11.8 Å². The van der Waals surface area contributed by atoms with Gasteiger partial charge in [-0.2, -0.15) is 11.8 Å². The first-order chi connectivity index (χ1) is 7.33. The van der Waals surface area contributed by atoms with E-state index in [9.17, 15) is 5.11 Å². The molecule has 0 bridgehead atoms. The second-order valence-corrected chi connectivity index (χ2v) is 6.08. The van der Waals surface area contributed by atoms with Crippen LogP contribution in [0.25, 0.3) is 0 Å². The molecule has 0 aromatic carbocycles. The number of aliphatic hydroxyl groups is 1. The van der Waals surface area contributed by atoms with Gasteiger partial charge < -0.3 is 5.11 Å². The summed E-state index contributed by atoms with van der Waals surface area (Å²) in [6.07, 6.45) is 11.7. The Bertz CT molecular complexity index is 143. The Kier molecular flexibility index (Phi) is 7.54. The van der Waals surface area contributed by atoms with Crippen molar-refractivity contribution in [2.75, 3.05) is 5.75 Å². The van der Waals surface area contributed by atoms with Gasteiger partial charge in [0.25, 0.3) is 0 Å². The Morgan fingerprint density at radius 3 is 2.60 bits per heavy atom. The summed E-state index contributed by atoms with van der Waals surface area (Å²) < 4.78 is 0. The SMILES string of the molecule is CCCCCC(O)CSC1CCCCC1. The zero-order valence-corrected chi connectivity index (χ0v) is 10.9. The van der Waals surface area contributed by atoms with Gasteiger partial charge in [0, 0.05) is 11.0 Å². The molecule has 1 rings (SSSR count). The highest BCUT2D eigenvalue weighted by Gasteiger charge is 2.15. The minimum atomic E-state index is -0.0523. The third-order valence-corrected chi connectivity index (χ3v) is 4.74. The maximum atomic E-state index is 9.79. The van der Waals surface area contributed by atoms with Crippen molar-refractivity contribution in [3.63, 3.8) is 0 Å². The molecule has 90 valence electrons. The molecule has 0 aromatic rings. The Hall–Kier alpha value is 0.310. The Balaban J connectivity index is 1.97. The van der Waals surface area contributed by atoms with E-state index >= 15 is 0 Å². The molecule has 0 radical (unpaired) electrons. The molecular weight excluding hydrogens is 204 g/mol. The summed E-state index contributed by atoms with van der Waals surface area (Å²) in [5.41, 5.74) is 0. The normalized spacial score (nSPS) is 20.4. The van der Waals surface area contributed by atoms with Crippen molar-refractivity contribution in [2.24, 2.45) is 0 Å². The highest BCUT2D eigenvalue weighted by Crippen LogP contribution is 2.28. The fraction of sp³-hybridized carbons (Fsp3) is 1.00. The molecule has 15 heavy (non-hydrogen) atoms. The van der Waals surface area contributed by atoms with Crippen molar-refractivity contribution in [2.45, 2.75) is 76.1 Å². The molecule has 2 heteroatoms. The minimum absolute atomic E-state index is 0.0523. The predicted molar refractivity (Wildman–Crippen MR) is 69.5 cm³/mol. The Morgan fingerprint density at radius 1 is 1.20 bits per heavy atom. The van der Waals surface area contributed by atoms with E-state index in [4.69, 9.17) is 0 Å². The molecule has 0 aliphatic heterocycles. The monoisotopic (exact) mass is 230 g/mol. The molecule has 1 N–H and O–H groups in total. The standard InChI is InChI=1S/C13H26OS/c1-2-3-5-8-12(14)11-15-13-9-6-4-7-10-13/h12-14H,2-11H2,1H3. The number of hydrogen-bond donors (Lipinski definition) is 1. The van der Waals surface area contributed by atoms with Gasteiger partial charge in [-0.1, -0.05) is 45.4 Å². The van der Waals surface area contributed by atoms with Crippen LogP contribution in [0.1, 0.15) is 64.7 Å². The fourth-order valence-electron chi connectivity index (χ4n) is 2.19. The molecule has 1 fully saturated rings. The number of thioether (sulfide) groups is 1. The van der Waals surface area contributed by atoms with Crippen LogP contribution in [0.2, 0.25) is 0 Å². The van der Waals surface area contributed by atoms with Crippen LogP contribution in [-0.4, -0.2) is 22.2 Å². The number of aliphatic hydroxyl groups excluding tert-OH is 1. The average molecular weight is 230 g/mol. The highest BCUT2D eigenvalue weighted by molar-refractivity contribution is 7.99. The van der Waals surface area contributed by atoms with E-state index in [1.807, 2.05) is 11.8 Å². The van der Waals surface area contributed by atoms with Crippen LogP contribution in [0.5, 0.6) is 0 Å². The van der Waals surface area contributed by atoms with E-state index in [1.54, 1.807) is 0 Å². The van der Waals surface area contributed by atoms with E-state index in [0.29, 0.717) is 0 Å². The van der Waals surface area contributed by atoms with Gasteiger partial charge in [-0.3, -0.25) is 0 Å². The zero-order valence-electron chi connectivity index (χ0n) is 10.1. The van der Waals surface area contributed by atoms with Gasteiger partial charge in [0.2, 0.25) is 0 Å². The molecule has 0 amide bonds. The lowest BCUT2D eigenvalue weighted by atomic mass is 10.0. The molecule has 0 aromatic heterocycles. The second kappa shape index (κ2) is 8.46. The van der Waals surface area contributed by atoms with Crippen LogP contribution in [0.4, 0.5) is 0 Å². The largest absolute Gasteiger partial charge is 0.392 e. The molecule has 0 spiro atoms. The maximum Gasteiger partial charge on any atom is 0.0630 e. The maximum absolute atomic E-state index is 9.79. The van der Waals surface area contributed by atoms with Crippen LogP contribution in [-0.2, 0) is 0 Å². The number of rotatable bonds is 7. The van der Waals surface area contributed by atoms with E-state index in [1.165, 1.54) is 51.4 Å². The zero-order chi connectivity index (χ0) is 10.9. The molecule has 1 aliphatic carbocycles. The van der Waals surface area contributed by atoms with E-state index < -0.39 is 0 Å². The third kappa shape index (κ3) is 6.47. The van der Waals surface area contributed by atoms with E-state index in [0.717, 1.165) is 17.4 Å². The molecule has 0 heterocycles. The lowest BCUT2D eigenvalue weighted by Crippen LogP contribution is -2.15. The second-order valence-electron chi connectivity index (χ2n) is 4.74. The first-order valence-electron chi connectivity index (χ1n) is 6.62. The first-order valence-corrected chi connectivity index (χ1v) is 7.67. The van der Waals surface area contributed by atoms with Crippen LogP contribution in [0.15, 0.2) is 0 Å². The molecule has 1 aliphatic rings. The van der Waals surface area contributed by atoms with Gasteiger partial charge in [0.1, 0.15) is 0 Å². The molecule has 1 nitrogen and oxygen atoms in total. The molecule has 1 unspecified atom stereocenters. The summed E-state index contributed by atoms with van der Waals surface area (Å²) in [7, 11) is 0. The Morgan fingerprint density at radius 2 is 1.93 bits per heavy atom. The fourth-order valence-corrected chi connectivity index (χ4v) is 3.52. The van der Waals surface area contributed by atoms with Crippen molar-refractivity contribution in [3.8, 4) is 0 Å². The molecule has 1 atom stereocenters. The Labute approximate surface area is 99.0 Å². The third-order valence-electron chi connectivity index (χ3n) is 3.22. The number of unbranched alkanes of at least 4 members (excludes halogenated alkanes) is 2. The highest BCUT2D eigenvalue weighted by atomic mass is 32.2. The quantitative estimate of drug-likeness (QED) is 0.667. The van der Waals surface area contributed by atoms with Crippen LogP contribution in [0, 0.1) is 0 Å². The first kappa shape index (κ1) is 13.4. The van der Waals surface area contributed by atoms with E-state index in [-0.39, 0.29) is 6.10 Å². The average Bonchev–Trinajstić information content (AvgIpc) is 2.28. The van der Waals surface area contributed by atoms with Crippen molar-refractivity contribution >= 4 is 11.8 Å². The smallest absolute Gasteiger partial charge is 0.0630 e. The van der Waals surface area contributed by atoms with Gasteiger partial charge in [-0.15, -0.1) is 0 Å². The summed E-state index contributed by atoms with van der Waals surface area (Å²) in [4.78, 5) is 0. The summed E-state index contributed by atoms with van der Waals surface area (Å²) in [5, 5.41) is 10.6. The van der Waals surface area contributed by atoms with Crippen molar-refractivity contribution in [3.05, 3.63) is 0 Å². The summed E-state index contributed by atoms with van der Waals surface area (Å²) in [6, 6.07) is 0. The van der Waals surface area contributed by atoms with Crippen molar-refractivity contribution < 1.29 is 5.11 Å². The topological polar surface area (TPSA) is 20.2 Å². The van der Waals surface area contributed by atoms with Gasteiger partial charge >= 0.3 is 0 Å². The summed E-state index contributed by atoms with van der Waals surface area (Å²) in [6.45, 7) is 2.21. The van der Waals surface area contributed by atoms with E-state index in [2.05, 4.69) is 6.92 Å². The van der Waals surface area contributed by atoms with Crippen LogP contribution < -0.4 is 0 Å².